The molecule has 4 aromatic rings. The fourth-order valence-corrected chi connectivity index (χ4v) is 8.97. The van der Waals surface area contributed by atoms with Crippen molar-refractivity contribution in [2.75, 3.05) is 0 Å². The van der Waals surface area contributed by atoms with Crippen molar-refractivity contribution >= 4 is 33.6 Å². The maximum absolute atomic E-state index is 13.6. The Morgan fingerprint density at radius 2 is 1.50 bits per heavy atom. The van der Waals surface area contributed by atoms with Gasteiger partial charge in [-0.3, -0.25) is 0 Å². The van der Waals surface area contributed by atoms with Crippen LogP contribution in [0.1, 0.15) is 26.5 Å². The molecule has 32 heavy (non-hydrogen) atoms. The first-order valence-corrected chi connectivity index (χ1v) is 13.4. The molecule has 0 bridgehead atoms. The van der Waals surface area contributed by atoms with E-state index in [2.05, 4.69) is 4.15 Å². The summed E-state index contributed by atoms with van der Waals surface area (Å²) in [4.78, 5) is 0.129. The van der Waals surface area contributed by atoms with Crippen molar-refractivity contribution in [3.05, 3.63) is 90.7 Å². The summed E-state index contributed by atoms with van der Waals surface area (Å²) in [5.41, 5.74) is 0.440. The van der Waals surface area contributed by atoms with Crippen LogP contribution in [-0.4, -0.2) is 13.6 Å². The molecule has 0 aliphatic carbocycles. The van der Waals surface area contributed by atoms with E-state index < -0.39 is 22.5 Å². The molecule has 0 radical (unpaired) electrons. The van der Waals surface area contributed by atoms with E-state index in [-0.39, 0.29) is 4.90 Å². The number of hydrogen-bond donors (Lipinski definition) is 0. The Kier molecular flexibility index (Phi) is 5.78. The molecule has 7 heteroatoms. The highest BCUT2D eigenvalue weighted by Gasteiger charge is 2.43. The lowest BCUT2D eigenvalue weighted by atomic mass is 10.1. The van der Waals surface area contributed by atoms with Crippen LogP contribution in [0.25, 0.3) is 10.8 Å². The molecule has 0 fully saturated rings. The van der Waals surface area contributed by atoms with Gasteiger partial charge in [0.15, 0.2) is 5.50 Å². The van der Waals surface area contributed by atoms with E-state index in [1.54, 1.807) is 36.4 Å². The van der Waals surface area contributed by atoms with Gasteiger partial charge >= 0.3 is 0 Å². The molecule has 0 saturated carbocycles. The largest absolute Gasteiger partial charge is 0.457 e. The molecule has 0 spiro atoms. The maximum atomic E-state index is 13.6. The van der Waals surface area contributed by atoms with Crippen LogP contribution in [-0.2, 0) is 10.0 Å². The number of aryl methyl sites for hydroxylation is 1. The quantitative estimate of drug-likeness (QED) is 0.305. The predicted octanol–water partition coefficient (Wildman–Crippen LogP) is 6.75. The van der Waals surface area contributed by atoms with Gasteiger partial charge in [-0.25, -0.2) is 0 Å². The first-order valence-electron chi connectivity index (χ1n) is 10.3. The summed E-state index contributed by atoms with van der Waals surface area (Å²) in [7, 11) is -7.27. The van der Waals surface area contributed by atoms with Gasteiger partial charge in [0.25, 0.3) is 10.0 Å². The number of hydrogen-bond acceptors (Lipinski definition) is 4. The van der Waals surface area contributed by atoms with E-state index in [1.165, 1.54) is 0 Å². The summed E-state index contributed by atoms with van der Waals surface area (Å²) < 4.78 is 44.3. The Morgan fingerprint density at radius 3 is 2.12 bits per heavy atom. The van der Waals surface area contributed by atoms with Crippen LogP contribution in [0, 0.1) is 6.92 Å². The van der Waals surface area contributed by atoms with Gasteiger partial charge < -0.3 is 8.94 Å². The highest BCUT2D eigenvalue weighted by atomic mass is 32.2. The molecule has 0 N–H and O–H groups in total. The van der Waals surface area contributed by atoms with Gasteiger partial charge in [-0.05, 0) is 54.1 Å². The molecule has 0 saturated heterocycles. The van der Waals surface area contributed by atoms with Crippen LogP contribution in [0.3, 0.4) is 0 Å². The van der Waals surface area contributed by atoms with Crippen LogP contribution in [0.2, 0.25) is 0 Å². The number of rotatable bonds is 5. The minimum absolute atomic E-state index is 0.129. The second-order valence-corrected chi connectivity index (χ2v) is 13.8. The molecule has 4 rings (SSSR count). The third-order valence-electron chi connectivity index (χ3n) is 5.16. The minimum Gasteiger partial charge on any atom is -0.457 e. The van der Waals surface area contributed by atoms with Crippen LogP contribution >= 0.6 is 7.28 Å². The van der Waals surface area contributed by atoms with Crippen molar-refractivity contribution in [2.24, 2.45) is 4.15 Å². The fraction of sp³-hybridized carbons (Fsp3) is 0.200. The topological polar surface area (TPSA) is 68.9 Å². The highest BCUT2D eigenvalue weighted by molar-refractivity contribution is 7.95. The molecule has 1 atom stereocenters. The Hall–Kier alpha value is -2.82. The number of nitrogens with zero attached hydrogens (tertiary/aromatic N) is 1. The van der Waals surface area contributed by atoms with Gasteiger partial charge in [-0.15, -0.1) is 4.15 Å². The first-order chi connectivity index (χ1) is 15.1. The fourth-order valence-electron chi connectivity index (χ4n) is 3.44. The summed E-state index contributed by atoms with van der Waals surface area (Å²) >= 11 is 0. The molecule has 1 unspecified atom stereocenters. The smallest absolute Gasteiger partial charge is 0.284 e. The third kappa shape index (κ3) is 4.25. The SMILES string of the molecule is Cc1ccc(P(=NS(=O)(=O)c2ccc3ccccc3c2)(Oc2ccccc2)C(C)(C)C)o1. The van der Waals surface area contributed by atoms with Gasteiger partial charge in [-0.2, -0.15) is 8.42 Å². The number of furan rings is 1. The molecule has 1 heterocycles. The number of sulfonamides is 1. The molecular weight excluding hydrogens is 441 g/mol. The molecule has 0 aliphatic rings. The van der Waals surface area contributed by atoms with Crippen LogP contribution in [0.5, 0.6) is 5.75 Å². The average Bonchev–Trinajstić information content (AvgIpc) is 3.19. The van der Waals surface area contributed by atoms with Gasteiger partial charge in [0.1, 0.15) is 11.5 Å². The molecule has 5 nitrogen and oxygen atoms in total. The van der Waals surface area contributed by atoms with Crippen molar-refractivity contribution in [2.45, 2.75) is 37.7 Å². The van der Waals surface area contributed by atoms with Gasteiger partial charge in [-0.1, -0.05) is 69.3 Å². The standard InChI is InChI=1S/C25H26NO4PS/c1-19-14-17-24(29-19)31(25(2,3)4,30-22-12-6-5-7-13-22)26-32(27,28)23-16-15-20-10-8-9-11-21(20)18-23/h5-18H,1-4H3. The second-order valence-electron chi connectivity index (χ2n) is 8.60. The van der Waals surface area contributed by atoms with Crippen molar-refractivity contribution in [3.63, 3.8) is 0 Å². The van der Waals surface area contributed by atoms with Crippen molar-refractivity contribution in [3.8, 4) is 5.75 Å². The zero-order valence-corrected chi connectivity index (χ0v) is 20.2. The monoisotopic (exact) mass is 467 g/mol. The van der Waals surface area contributed by atoms with E-state index in [1.807, 2.05) is 76.2 Å². The summed E-state index contributed by atoms with van der Waals surface area (Å²) in [5.74, 6) is 1.21. The van der Waals surface area contributed by atoms with Crippen molar-refractivity contribution < 1.29 is 17.4 Å². The van der Waals surface area contributed by atoms with Gasteiger partial charge in [0.2, 0.25) is 7.28 Å². The number of fused-ring (bicyclic) bond motifs is 1. The van der Waals surface area contributed by atoms with Crippen LogP contribution < -0.4 is 10.0 Å². The van der Waals surface area contributed by atoms with E-state index in [0.29, 0.717) is 17.0 Å². The average molecular weight is 468 g/mol. The Morgan fingerprint density at radius 1 is 0.844 bits per heavy atom. The molecule has 0 aliphatic heterocycles. The zero-order valence-electron chi connectivity index (χ0n) is 18.5. The maximum Gasteiger partial charge on any atom is 0.284 e. The van der Waals surface area contributed by atoms with E-state index in [0.717, 1.165) is 10.8 Å². The molecule has 0 amide bonds. The number of para-hydroxylation sites is 1. The number of benzene rings is 3. The second kappa shape index (κ2) is 8.27. The lowest BCUT2D eigenvalue weighted by molar-refractivity contribution is 0.526. The predicted molar refractivity (Wildman–Crippen MR) is 130 cm³/mol. The summed E-state index contributed by atoms with van der Waals surface area (Å²) in [6.45, 7) is 7.62. The molecule has 166 valence electrons. The Balaban J connectivity index is 1.99. The van der Waals surface area contributed by atoms with Crippen LogP contribution in [0.15, 0.2) is 98.4 Å². The van der Waals surface area contributed by atoms with E-state index in [4.69, 9.17) is 8.94 Å². The van der Waals surface area contributed by atoms with Crippen molar-refractivity contribution in [1.82, 2.24) is 0 Å². The van der Waals surface area contributed by atoms with E-state index in [9.17, 15) is 8.42 Å². The third-order valence-corrected chi connectivity index (χ3v) is 10.9. The normalized spacial score (nSPS) is 14.1. The van der Waals surface area contributed by atoms with Gasteiger partial charge in [0.05, 0.1) is 4.90 Å². The molecule has 3 aromatic carbocycles. The zero-order chi connectivity index (χ0) is 23.0. The van der Waals surface area contributed by atoms with Crippen LogP contribution in [0.4, 0.5) is 0 Å². The lowest BCUT2D eigenvalue weighted by Gasteiger charge is -2.34. The summed E-state index contributed by atoms with van der Waals surface area (Å²) in [6.07, 6.45) is 0. The lowest BCUT2D eigenvalue weighted by Crippen LogP contribution is -2.27. The first kappa shape index (κ1) is 22.4. The summed E-state index contributed by atoms with van der Waals surface area (Å²) in [6, 6.07) is 25.4. The van der Waals surface area contributed by atoms with E-state index >= 15 is 0 Å². The molecule has 1 aromatic heterocycles. The Labute approximate surface area is 189 Å². The Bertz CT molecular complexity index is 1420. The molecular formula is C25H26NO4PS. The summed E-state index contributed by atoms with van der Waals surface area (Å²) in [5, 5.41) is 1.14. The highest BCUT2D eigenvalue weighted by Crippen LogP contribution is 2.61. The minimum atomic E-state index is -4.06. The van der Waals surface area contributed by atoms with Crippen molar-refractivity contribution in [1.29, 1.82) is 0 Å². The van der Waals surface area contributed by atoms with Gasteiger partial charge in [0, 0.05) is 5.16 Å².